The topological polar surface area (TPSA) is 68.0 Å². The maximum atomic E-state index is 11.8. The summed E-state index contributed by atoms with van der Waals surface area (Å²) in [4.78, 5) is 16.1. The zero-order chi connectivity index (χ0) is 12.1. The Balaban J connectivity index is 1.81. The van der Waals surface area contributed by atoms with Crippen molar-refractivity contribution in [3.05, 3.63) is 16.1 Å². The molecule has 94 valence electrons. The minimum atomic E-state index is -0.0583. The Bertz CT molecular complexity index is 375. The number of hydrogen-bond acceptors (Lipinski definition) is 5. The number of thioether (sulfide) groups is 1. The number of nitrogens with one attached hydrogen (secondary N) is 1. The molecule has 0 aromatic carbocycles. The van der Waals surface area contributed by atoms with E-state index in [4.69, 9.17) is 5.73 Å². The van der Waals surface area contributed by atoms with Crippen LogP contribution >= 0.6 is 23.1 Å². The smallest absolute Gasteiger partial charge is 0.270 e. The number of amides is 1. The van der Waals surface area contributed by atoms with E-state index in [2.05, 4.69) is 10.3 Å². The molecule has 2 rings (SSSR count). The maximum absolute atomic E-state index is 11.8. The van der Waals surface area contributed by atoms with Gasteiger partial charge in [0.15, 0.2) is 0 Å². The summed E-state index contributed by atoms with van der Waals surface area (Å²) in [6.45, 7) is 1.33. The number of carbonyl (C=O) groups excluding carboxylic acids is 1. The van der Waals surface area contributed by atoms with Gasteiger partial charge >= 0.3 is 0 Å². The first-order chi connectivity index (χ1) is 8.29. The van der Waals surface area contributed by atoms with Crippen LogP contribution in [0.5, 0.6) is 0 Å². The van der Waals surface area contributed by atoms with Crippen molar-refractivity contribution in [3.63, 3.8) is 0 Å². The lowest BCUT2D eigenvalue weighted by Gasteiger charge is -2.08. The van der Waals surface area contributed by atoms with Crippen molar-refractivity contribution in [2.24, 2.45) is 5.73 Å². The van der Waals surface area contributed by atoms with Crippen LogP contribution < -0.4 is 11.1 Å². The van der Waals surface area contributed by atoms with Gasteiger partial charge in [-0.05, 0) is 25.1 Å². The second kappa shape index (κ2) is 6.37. The van der Waals surface area contributed by atoms with Crippen molar-refractivity contribution in [2.75, 3.05) is 18.8 Å². The van der Waals surface area contributed by atoms with E-state index in [1.54, 1.807) is 0 Å². The highest BCUT2D eigenvalue weighted by atomic mass is 32.2. The average molecular weight is 271 g/mol. The number of nitrogens with two attached hydrogens (primary N) is 1. The summed E-state index contributed by atoms with van der Waals surface area (Å²) in [6.07, 6.45) is 3.22. The van der Waals surface area contributed by atoms with Crippen LogP contribution in [-0.4, -0.2) is 35.0 Å². The van der Waals surface area contributed by atoms with E-state index in [9.17, 15) is 4.79 Å². The van der Waals surface area contributed by atoms with Gasteiger partial charge in [-0.3, -0.25) is 4.79 Å². The van der Waals surface area contributed by atoms with Gasteiger partial charge in [0, 0.05) is 23.6 Å². The van der Waals surface area contributed by atoms with Crippen LogP contribution in [0.15, 0.2) is 5.38 Å². The van der Waals surface area contributed by atoms with Crippen LogP contribution in [0.1, 0.15) is 28.3 Å². The molecular weight excluding hydrogens is 254 g/mol. The second-order valence-electron chi connectivity index (χ2n) is 4.01. The van der Waals surface area contributed by atoms with Gasteiger partial charge in [0.1, 0.15) is 5.69 Å². The number of thiazole rings is 1. The van der Waals surface area contributed by atoms with E-state index in [0.717, 1.165) is 18.0 Å². The highest BCUT2D eigenvalue weighted by Crippen LogP contribution is 2.25. The zero-order valence-electron chi connectivity index (χ0n) is 9.65. The molecule has 0 aliphatic carbocycles. The molecule has 1 fully saturated rings. The Kier molecular flexibility index (Phi) is 4.82. The highest BCUT2D eigenvalue weighted by molar-refractivity contribution is 8.00. The molecule has 2 heterocycles. The number of nitrogens with zero attached hydrogens (tertiary/aromatic N) is 1. The first-order valence-corrected chi connectivity index (χ1v) is 7.76. The average Bonchev–Trinajstić information content (AvgIpc) is 2.97. The van der Waals surface area contributed by atoms with Gasteiger partial charge in [-0.1, -0.05) is 0 Å². The van der Waals surface area contributed by atoms with Crippen LogP contribution in [-0.2, 0) is 6.42 Å². The van der Waals surface area contributed by atoms with Crippen molar-refractivity contribution < 1.29 is 4.79 Å². The molecule has 0 spiro atoms. The summed E-state index contributed by atoms with van der Waals surface area (Å²) in [5.41, 5.74) is 5.98. The van der Waals surface area contributed by atoms with Gasteiger partial charge in [-0.2, -0.15) is 11.8 Å². The first-order valence-electron chi connectivity index (χ1n) is 5.84. The van der Waals surface area contributed by atoms with Gasteiger partial charge in [0.25, 0.3) is 5.91 Å². The molecule has 1 atom stereocenters. The van der Waals surface area contributed by atoms with E-state index >= 15 is 0 Å². The van der Waals surface area contributed by atoms with Crippen LogP contribution in [0.3, 0.4) is 0 Å². The Hall–Kier alpha value is -0.590. The molecule has 6 heteroatoms. The summed E-state index contributed by atoms with van der Waals surface area (Å²) >= 11 is 3.45. The lowest BCUT2D eigenvalue weighted by Crippen LogP contribution is -2.29. The Labute approximate surface area is 109 Å². The third-order valence-corrected chi connectivity index (χ3v) is 4.96. The fraction of sp³-hybridized carbons (Fsp3) is 0.636. The molecule has 0 saturated carbocycles. The van der Waals surface area contributed by atoms with Gasteiger partial charge in [-0.15, -0.1) is 11.3 Å². The SMILES string of the molecule is NCCc1nc(C(=O)NCC2CCCS2)cs1. The fourth-order valence-electron chi connectivity index (χ4n) is 1.76. The third-order valence-electron chi connectivity index (χ3n) is 2.66. The first kappa shape index (κ1) is 12.9. The molecule has 1 aliphatic rings. The fourth-order valence-corrected chi connectivity index (χ4v) is 3.75. The van der Waals surface area contributed by atoms with E-state index in [0.29, 0.717) is 17.5 Å². The number of hydrogen-bond donors (Lipinski definition) is 2. The summed E-state index contributed by atoms with van der Waals surface area (Å²) in [5, 5.41) is 6.28. The maximum Gasteiger partial charge on any atom is 0.270 e. The van der Waals surface area contributed by atoms with E-state index in [1.807, 2.05) is 17.1 Å². The predicted molar refractivity (Wildman–Crippen MR) is 72.7 cm³/mol. The second-order valence-corrected chi connectivity index (χ2v) is 6.36. The lowest BCUT2D eigenvalue weighted by molar-refractivity contribution is 0.0949. The van der Waals surface area contributed by atoms with E-state index < -0.39 is 0 Å². The third kappa shape index (κ3) is 3.69. The molecule has 1 amide bonds. The van der Waals surface area contributed by atoms with Gasteiger partial charge < -0.3 is 11.1 Å². The van der Waals surface area contributed by atoms with Crippen molar-refractivity contribution in [2.45, 2.75) is 24.5 Å². The number of carbonyl (C=O) groups is 1. The van der Waals surface area contributed by atoms with Crippen LogP contribution in [0.2, 0.25) is 0 Å². The molecule has 1 aromatic rings. The van der Waals surface area contributed by atoms with Crippen LogP contribution in [0.25, 0.3) is 0 Å². The summed E-state index contributed by atoms with van der Waals surface area (Å²) < 4.78 is 0. The summed E-state index contributed by atoms with van der Waals surface area (Å²) in [5.74, 6) is 1.16. The van der Waals surface area contributed by atoms with Crippen LogP contribution in [0.4, 0.5) is 0 Å². The monoisotopic (exact) mass is 271 g/mol. The van der Waals surface area contributed by atoms with Crippen molar-refractivity contribution >= 4 is 29.0 Å². The standard InChI is InChI=1S/C11H17N3OS2/c12-4-3-10-14-9(7-17-10)11(15)13-6-8-2-1-5-16-8/h7-8H,1-6,12H2,(H,13,15). The van der Waals surface area contributed by atoms with Crippen molar-refractivity contribution in [1.82, 2.24) is 10.3 Å². The van der Waals surface area contributed by atoms with Gasteiger partial charge in [0.2, 0.25) is 0 Å². The Morgan fingerprint density at radius 3 is 3.24 bits per heavy atom. The molecule has 3 N–H and O–H groups in total. The van der Waals surface area contributed by atoms with Crippen LogP contribution in [0, 0.1) is 0 Å². The van der Waals surface area contributed by atoms with E-state index in [-0.39, 0.29) is 5.91 Å². The quantitative estimate of drug-likeness (QED) is 0.846. The number of rotatable bonds is 5. The van der Waals surface area contributed by atoms with Crippen molar-refractivity contribution in [1.29, 1.82) is 0 Å². The minimum Gasteiger partial charge on any atom is -0.350 e. The zero-order valence-corrected chi connectivity index (χ0v) is 11.3. The predicted octanol–water partition coefficient (Wildman–Crippen LogP) is 1.27. The summed E-state index contributed by atoms with van der Waals surface area (Å²) in [6, 6.07) is 0. The van der Waals surface area contributed by atoms with Gasteiger partial charge in [-0.25, -0.2) is 4.98 Å². The van der Waals surface area contributed by atoms with Gasteiger partial charge in [0.05, 0.1) is 5.01 Å². The normalized spacial score (nSPS) is 19.5. The molecule has 1 aromatic heterocycles. The Morgan fingerprint density at radius 2 is 2.53 bits per heavy atom. The molecule has 1 unspecified atom stereocenters. The molecule has 1 saturated heterocycles. The number of aromatic nitrogens is 1. The summed E-state index contributed by atoms with van der Waals surface area (Å²) in [7, 11) is 0. The largest absolute Gasteiger partial charge is 0.350 e. The highest BCUT2D eigenvalue weighted by Gasteiger charge is 2.17. The Morgan fingerprint density at radius 1 is 1.65 bits per heavy atom. The molecule has 17 heavy (non-hydrogen) atoms. The van der Waals surface area contributed by atoms with E-state index in [1.165, 1.54) is 29.9 Å². The van der Waals surface area contributed by atoms with Crippen molar-refractivity contribution in [3.8, 4) is 0 Å². The lowest BCUT2D eigenvalue weighted by atomic mass is 10.2. The molecule has 4 nitrogen and oxygen atoms in total. The molecule has 0 bridgehead atoms. The minimum absolute atomic E-state index is 0.0583. The molecular formula is C11H17N3OS2. The molecule has 0 radical (unpaired) electrons. The molecule has 1 aliphatic heterocycles.